The molecule has 0 saturated carbocycles. The number of piperidine rings is 1. The second-order valence-corrected chi connectivity index (χ2v) is 6.89. The molecule has 3 rings (SSSR count). The highest BCUT2D eigenvalue weighted by molar-refractivity contribution is 5.77. The predicted octanol–water partition coefficient (Wildman–Crippen LogP) is 1.48. The van der Waals surface area contributed by atoms with E-state index in [1.807, 2.05) is 36.7 Å². The van der Waals surface area contributed by atoms with E-state index in [1.54, 1.807) is 11.9 Å². The Bertz CT molecular complexity index is 785. The molecule has 0 aliphatic carbocycles. The molecule has 0 atom stereocenters. The normalized spacial score (nSPS) is 14.8. The number of anilines is 1. The van der Waals surface area contributed by atoms with E-state index in [0.29, 0.717) is 12.5 Å². The number of carbonyl (C=O) groups is 2. The Morgan fingerprint density at radius 3 is 2.59 bits per heavy atom. The van der Waals surface area contributed by atoms with Gasteiger partial charge in [-0.25, -0.2) is 9.97 Å². The maximum absolute atomic E-state index is 11.7. The monoisotopic (exact) mass is 367 g/mol. The second kappa shape index (κ2) is 8.73. The van der Waals surface area contributed by atoms with Gasteiger partial charge in [0.05, 0.1) is 6.54 Å². The minimum absolute atomic E-state index is 0.00951. The number of nitrogens with zero attached hydrogens (tertiary/aromatic N) is 4. The van der Waals surface area contributed by atoms with Crippen LogP contribution >= 0.6 is 0 Å². The molecular formula is C20H25N5O2. The summed E-state index contributed by atoms with van der Waals surface area (Å²) < 4.78 is 0. The van der Waals surface area contributed by atoms with Crippen LogP contribution < -0.4 is 10.6 Å². The van der Waals surface area contributed by atoms with E-state index >= 15 is 0 Å². The highest BCUT2D eigenvalue weighted by atomic mass is 16.2. The third kappa shape index (κ3) is 4.68. The van der Waals surface area contributed by atoms with Gasteiger partial charge in [0.25, 0.3) is 0 Å². The van der Waals surface area contributed by atoms with Gasteiger partial charge in [0.15, 0.2) is 0 Å². The molecule has 1 aliphatic heterocycles. The Kier molecular flexibility index (Phi) is 6.13. The van der Waals surface area contributed by atoms with Crippen LogP contribution in [0.15, 0.2) is 36.7 Å². The molecule has 0 bridgehead atoms. The quantitative estimate of drug-likeness (QED) is 0.778. The number of hydrogen-bond acceptors (Lipinski definition) is 6. The van der Waals surface area contributed by atoms with E-state index in [4.69, 9.17) is 5.73 Å². The first kappa shape index (κ1) is 19.0. The summed E-state index contributed by atoms with van der Waals surface area (Å²) in [6, 6.07) is 7.98. The van der Waals surface area contributed by atoms with Gasteiger partial charge in [-0.1, -0.05) is 18.2 Å². The fraction of sp³-hybridized carbons (Fsp3) is 0.400. The highest BCUT2D eigenvalue weighted by Gasteiger charge is 2.20. The first-order chi connectivity index (χ1) is 13.1. The highest BCUT2D eigenvalue weighted by Crippen LogP contribution is 2.23. The minimum Gasteiger partial charge on any atom is -0.341 e. The Hall–Kier alpha value is -2.80. The van der Waals surface area contributed by atoms with Crippen LogP contribution in [0.1, 0.15) is 18.4 Å². The van der Waals surface area contributed by atoms with Gasteiger partial charge in [-0.3, -0.25) is 4.79 Å². The average molecular weight is 367 g/mol. The Labute approximate surface area is 159 Å². The number of benzene rings is 1. The Morgan fingerprint density at radius 2 is 1.96 bits per heavy atom. The average Bonchev–Trinajstić information content (AvgIpc) is 2.73. The molecule has 1 aromatic carbocycles. The number of hydrogen-bond donors (Lipinski definition) is 1. The van der Waals surface area contributed by atoms with Crippen molar-refractivity contribution in [2.24, 2.45) is 11.7 Å². The lowest BCUT2D eigenvalue weighted by Gasteiger charge is -2.29. The van der Waals surface area contributed by atoms with Crippen molar-refractivity contribution in [3.63, 3.8) is 0 Å². The van der Waals surface area contributed by atoms with Gasteiger partial charge in [0.2, 0.25) is 11.9 Å². The van der Waals surface area contributed by atoms with E-state index in [1.165, 1.54) is 0 Å². The lowest BCUT2D eigenvalue weighted by atomic mass is 9.99. The lowest BCUT2D eigenvalue weighted by molar-refractivity contribution is -0.128. The molecule has 0 unspecified atom stereocenters. The largest absolute Gasteiger partial charge is 0.341 e. The zero-order valence-electron chi connectivity index (χ0n) is 15.5. The van der Waals surface area contributed by atoms with Crippen molar-refractivity contribution in [3.8, 4) is 11.1 Å². The van der Waals surface area contributed by atoms with Crippen molar-refractivity contribution >= 4 is 18.1 Å². The lowest BCUT2D eigenvalue weighted by Crippen LogP contribution is -2.35. The summed E-state index contributed by atoms with van der Waals surface area (Å²) in [4.78, 5) is 35.3. The van der Waals surface area contributed by atoms with Crippen molar-refractivity contribution in [1.82, 2.24) is 14.9 Å². The SMILES string of the molecule is CN(Cc1cccc(-c2cnc(N3CCC(C=O)CC3)nc2)c1)C(=O)CN. The van der Waals surface area contributed by atoms with Crippen LogP contribution in [0.5, 0.6) is 0 Å². The minimum atomic E-state index is -0.0913. The molecule has 27 heavy (non-hydrogen) atoms. The topological polar surface area (TPSA) is 92.4 Å². The molecule has 1 saturated heterocycles. The van der Waals surface area contributed by atoms with Gasteiger partial charge in [-0.15, -0.1) is 0 Å². The molecule has 0 radical (unpaired) electrons. The van der Waals surface area contributed by atoms with Gasteiger partial charge in [-0.2, -0.15) is 0 Å². The number of nitrogens with two attached hydrogens (primary N) is 1. The van der Waals surface area contributed by atoms with Crippen molar-refractivity contribution in [3.05, 3.63) is 42.2 Å². The van der Waals surface area contributed by atoms with E-state index in [9.17, 15) is 9.59 Å². The summed E-state index contributed by atoms with van der Waals surface area (Å²) in [5.41, 5.74) is 8.37. The fourth-order valence-electron chi connectivity index (χ4n) is 3.24. The smallest absolute Gasteiger partial charge is 0.236 e. The van der Waals surface area contributed by atoms with Crippen molar-refractivity contribution in [1.29, 1.82) is 0 Å². The zero-order valence-corrected chi connectivity index (χ0v) is 15.5. The number of aldehydes is 1. The molecule has 0 spiro atoms. The summed E-state index contributed by atoms with van der Waals surface area (Å²) in [6.07, 6.45) is 6.40. The molecule has 1 fully saturated rings. The van der Waals surface area contributed by atoms with E-state index < -0.39 is 0 Å². The molecular weight excluding hydrogens is 342 g/mol. The summed E-state index contributed by atoms with van der Waals surface area (Å²) in [7, 11) is 1.74. The molecule has 2 heterocycles. The molecule has 1 aromatic heterocycles. The van der Waals surface area contributed by atoms with E-state index in [-0.39, 0.29) is 18.4 Å². The van der Waals surface area contributed by atoms with Gasteiger partial charge < -0.3 is 20.3 Å². The molecule has 2 N–H and O–H groups in total. The number of amides is 1. The van der Waals surface area contributed by atoms with Crippen LogP contribution in [0.2, 0.25) is 0 Å². The summed E-state index contributed by atoms with van der Waals surface area (Å²) in [5.74, 6) is 0.770. The molecule has 2 aromatic rings. The molecule has 142 valence electrons. The van der Waals surface area contributed by atoms with Crippen LogP contribution in [0.25, 0.3) is 11.1 Å². The number of rotatable bonds is 6. The van der Waals surface area contributed by atoms with E-state index in [2.05, 4.69) is 14.9 Å². The van der Waals surface area contributed by atoms with Gasteiger partial charge in [0.1, 0.15) is 6.29 Å². The number of aromatic nitrogens is 2. The van der Waals surface area contributed by atoms with Gasteiger partial charge >= 0.3 is 0 Å². The van der Waals surface area contributed by atoms with Gasteiger partial charge in [0, 0.05) is 50.6 Å². The zero-order chi connectivity index (χ0) is 19.2. The Balaban J connectivity index is 1.69. The van der Waals surface area contributed by atoms with Crippen molar-refractivity contribution < 1.29 is 9.59 Å². The fourth-order valence-corrected chi connectivity index (χ4v) is 3.24. The molecule has 7 nitrogen and oxygen atoms in total. The number of carbonyl (C=O) groups excluding carboxylic acids is 2. The summed E-state index contributed by atoms with van der Waals surface area (Å²) in [6.45, 7) is 2.13. The van der Waals surface area contributed by atoms with E-state index in [0.717, 1.165) is 48.9 Å². The molecule has 1 aliphatic rings. The summed E-state index contributed by atoms with van der Waals surface area (Å²) >= 11 is 0. The van der Waals surface area contributed by atoms with Crippen LogP contribution in [0.3, 0.4) is 0 Å². The Morgan fingerprint density at radius 1 is 1.26 bits per heavy atom. The third-order valence-electron chi connectivity index (χ3n) is 4.93. The third-order valence-corrected chi connectivity index (χ3v) is 4.93. The first-order valence-corrected chi connectivity index (χ1v) is 9.16. The standard InChI is InChI=1S/C20H25N5O2/c1-24(19(27)10-21)13-16-3-2-4-17(9-16)18-11-22-20(23-12-18)25-7-5-15(14-26)6-8-25/h2-4,9,11-12,14-15H,5-8,10,13,21H2,1H3. The van der Waals surface area contributed by atoms with Crippen LogP contribution in [0.4, 0.5) is 5.95 Å². The van der Waals surface area contributed by atoms with Gasteiger partial charge in [-0.05, 0) is 30.0 Å². The van der Waals surface area contributed by atoms with Crippen LogP contribution in [-0.4, -0.2) is 53.7 Å². The maximum atomic E-state index is 11.7. The summed E-state index contributed by atoms with van der Waals surface area (Å²) in [5, 5.41) is 0. The second-order valence-electron chi connectivity index (χ2n) is 6.89. The van der Waals surface area contributed by atoms with Crippen LogP contribution in [-0.2, 0) is 16.1 Å². The maximum Gasteiger partial charge on any atom is 0.236 e. The molecule has 7 heteroatoms. The molecule has 1 amide bonds. The van der Waals surface area contributed by atoms with Crippen molar-refractivity contribution in [2.45, 2.75) is 19.4 Å². The predicted molar refractivity (Wildman–Crippen MR) is 104 cm³/mol. The van der Waals surface area contributed by atoms with Crippen LogP contribution in [0, 0.1) is 5.92 Å². The first-order valence-electron chi connectivity index (χ1n) is 9.16. The van der Waals surface area contributed by atoms with Crippen molar-refractivity contribution in [2.75, 3.05) is 31.6 Å². The number of likely N-dealkylation sites (N-methyl/N-ethyl adjacent to an activating group) is 1.